The van der Waals surface area contributed by atoms with Crippen LogP contribution in [0.25, 0.3) is 10.9 Å². The highest BCUT2D eigenvalue weighted by atomic mass is 32.2. The lowest BCUT2D eigenvalue weighted by atomic mass is 10.1. The molecule has 0 saturated carbocycles. The highest BCUT2D eigenvalue weighted by Crippen LogP contribution is 2.19. The summed E-state index contributed by atoms with van der Waals surface area (Å²) in [6.45, 7) is 1.04. The van der Waals surface area contributed by atoms with Crippen LogP contribution < -0.4 is 16.1 Å². The number of morpholine rings is 1. The van der Waals surface area contributed by atoms with Gasteiger partial charge in [-0.3, -0.25) is 14.9 Å². The highest BCUT2D eigenvalue weighted by molar-refractivity contribution is 7.92. The van der Waals surface area contributed by atoms with Gasteiger partial charge in [-0.25, -0.2) is 8.42 Å². The largest absolute Gasteiger partial charge is 0.377 e. The minimum atomic E-state index is -3.59. The molecule has 1 aliphatic rings. The molecule has 8 nitrogen and oxygen atoms in total. The fourth-order valence-corrected chi connectivity index (χ4v) is 4.62. The number of amides is 1. The number of ether oxygens (including phenoxy) is 1. The lowest BCUT2D eigenvalue weighted by Gasteiger charge is -2.23. The fraction of sp³-hybridized carbons (Fsp3) is 0.200. The summed E-state index contributed by atoms with van der Waals surface area (Å²) in [7, 11) is -3.59. The summed E-state index contributed by atoms with van der Waals surface area (Å²) < 4.78 is 30.5. The number of aromatic nitrogens is 1. The minimum Gasteiger partial charge on any atom is -0.377 e. The van der Waals surface area contributed by atoms with Crippen molar-refractivity contribution >= 4 is 32.3 Å². The topological polar surface area (TPSA) is 117 Å². The number of anilines is 1. The van der Waals surface area contributed by atoms with Gasteiger partial charge < -0.3 is 15.0 Å². The van der Waals surface area contributed by atoms with Crippen molar-refractivity contribution in [3.05, 3.63) is 70.5 Å². The van der Waals surface area contributed by atoms with Gasteiger partial charge in [0.15, 0.2) is 9.84 Å². The highest BCUT2D eigenvalue weighted by Gasteiger charge is 2.29. The number of rotatable bonds is 4. The lowest BCUT2D eigenvalue weighted by Crippen LogP contribution is -2.46. The van der Waals surface area contributed by atoms with Crippen molar-refractivity contribution in [2.24, 2.45) is 0 Å². The van der Waals surface area contributed by atoms with E-state index >= 15 is 0 Å². The van der Waals surface area contributed by atoms with E-state index < -0.39 is 21.1 Å². The van der Waals surface area contributed by atoms with E-state index in [1.807, 2.05) is 0 Å². The second-order valence-electron chi connectivity index (χ2n) is 6.62. The van der Waals surface area contributed by atoms with Gasteiger partial charge in [0.2, 0.25) is 5.43 Å². The number of sulfone groups is 1. The fourth-order valence-electron chi connectivity index (χ4n) is 3.17. The molecule has 150 valence electrons. The first-order valence-corrected chi connectivity index (χ1v) is 10.6. The second kappa shape index (κ2) is 7.78. The Morgan fingerprint density at radius 3 is 2.59 bits per heavy atom. The average molecular weight is 413 g/mol. The number of fused-ring (bicyclic) bond motifs is 1. The number of pyridine rings is 1. The predicted octanol–water partition coefficient (Wildman–Crippen LogP) is 1.50. The molecule has 29 heavy (non-hydrogen) atoms. The van der Waals surface area contributed by atoms with E-state index in [9.17, 15) is 18.0 Å². The van der Waals surface area contributed by atoms with Crippen molar-refractivity contribution < 1.29 is 17.9 Å². The maximum absolute atomic E-state index is 12.6. The molecule has 2 aromatic carbocycles. The Balaban J connectivity index is 1.54. The number of aromatic amines is 1. The molecule has 1 aliphatic heterocycles. The van der Waals surface area contributed by atoms with Crippen molar-refractivity contribution in [1.82, 2.24) is 10.3 Å². The van der Waals surface area contributed by atoms with Crippen molar-refractivity contribution in [1.29, 1.82) is 0 Å². The molecule has 4 rings (SSSR count). The summed E-state index contributed by atoms with van der Waals surface area (Å²) in [6, 6.07) is 12.7. The Kier molecular flexibility index (Phi) is 5.18. The van der Waals surface area contributed by atoms with Gasteiger partial charge in [-0.15, -0.1) is 0 Å². The van der Waals surface area contributed by atoms with Gasteiger partial charge in [0.25, 0.3) is 5.91 Å². The van der Waals surface area contributed by atoms with Crippen LogP contribution in [0.4, 0.5) is 5.69 Å². The Bertz CT molecular complexity index is 1210. The Hall–Kier alpha value is -3.01. The molecule has 1 atom stereocenters. The molecule has 0 aliphatic carbocycles. The number of H-pyrrole nitrogens is 1. The van der Waals surface area contributed by atoms with Gasteiger partial charge in [-0.2, -0.15) is 0 Å². The molecule has 0 radical (unpaired) electrons. The van der Waals surface area contributed by atoms with E-state index in [2.05, 4.69) is 15.6 Å². The van der Waals surface area contributed by atoms with Crippen LogP contribution in [0, 0.1) is 0 Å². The zero-order valence-corrected chi connectivity index (χ0v) is 16.2. The van der Waals surface area contributed by atoms with Gasteiger partial charge in [-0.05, 0) is 36.4 Å². The molecule has 1 fully saturated rings. The molecule has 0 bridgehead atoms. The van der Waals surface area contributed by atoms with Crippen LogP contribution in [0.1, 0.15) is 10.4 Å². The minimum absolute atomic E-state index is 0.0241. The van der Waals surface area contributed by atoms with Gasteiger partial charge in [0, 0.05) is 29.3 Å². The first-order valence-electron chi connectivity index (χ1n) is 9.04. The third-order valence-corrected chi connectivity index (χ3v) is 6.72. The summed E-state index contributed by atoms with van der Waals surface area (Å²) in [5, 5.41) is 5.18. The third-order valence-electron chi connectivity index (χ3n) is 4.74. The summed E-state index contributed by atoms with van der Waals surface area (Å²) in [6.07, 6.45) is 1.37. The quantitative estimate of drug-likeness (QED) is 0.597. The molecule has 2 heterocycles. The van der Waals surface area contributed by atoms with Crippen molar-refractivity contribution in [3.63, 3.8) is 0 Å². The summed E-state index contributed by atoms with van der Waals surface area (Å²) in [5.41, 5.74) is 0.627. The molecule has 9 heteroatoms. The number of para-hydroxylation sites is 1. The van der Waals surface area contributed by atoms with Crippen LogP contribution in [-0.2, 0) is 14.6 Å². The average Bonchev–Trinajstić information content (AvgIpc) is 2.75. The van der Waals surface area contributed by atoms with E-state index in [4.69, 9.17) is 4.74 Å². The molecule has 1 unspecified atom stereocenters. The van der Waals surface area contributed by atoms with E-state index in [1.54, 1.807) is 24.3 Å². The monoisotopic (exact) mass is 413 g/mol. The molecule has 3 aromatic rings. The maximum Gasteiger partial charge on any atom is 0.261 e. The molecule has 0 spiro atoms. The Morgan fingerprint density at radius 2 is 1.86 bits per heavy atom. The smallest absolute Gasteiger partial charge is 0.261 e. The standard InChI is InChI=1S/C20H19N3O5S/c24-19-15-3-1-2-4-17(15)22-11-16(19)20(25)23-13-5-7-14(8-6-13)29(26,27)18-12-28-10-9-21-18/h1-8,11,18,21H,9-10,12H2,(H,22,24)(H,23,25). The molecule has 1 aromatic heterocycles. The van der Waals surface area contributed by atoms with E-state index in [0.717, 1.165) is 0 Å². The Morgan fingerprint density at radius 1 is 1.10 bits per heavy atom. The van der Waals surface area contributed by atoms with Gasteiger partial charge in [-0.1, -0.05) is 12.1 Å². The van der Waals surface area contributed by atoms with Crippen LogP contribution in [-0.4, -0.2) is 44.4 Å². The van der Waals surface area contributed by atoms with Crippen LogP contribution >= 0.6 is 0 Å². The number of hydrogen-bond acceptors (Lipinski definition) is 6. The first kappa shape index (κ1) is 19.3. The zero-order valence-electron chi connectivity index (χ0n) is 15.3. The summed E-state index contributed by atoms with van der Waals surface area (Å²) >= 11 is 0. The molecular formula is C20H19N3O5S. The summed E-state index contributed by atoms with van der Waals surface area (Å²) in [4.78, 5) is 28.1. The van der Waals surface area contributed by atoms with Crippen LogP contribution in [0.2, 0.25) is 0 Å². The van der Waals surface area contributed by atoms with Crippen LogP contribution in [0.5, 0.6) is 0 Å². The second-order valence-corrected chi connectivity index (χ2v) is 8.75. The number of carbonyl (C=O) groups is 1. The lowest BCUT2D eigenvalue weighted by molar-refractivity contribution is 0.0978. The molecule has 1 saturated heterocycles. The third kappa shape index (κ3) is 3.80. The first-order chi connectivity index (χ1) is 14.0. The van der Waals surface area contributed by atoms with E-state index in [-0.39, 0.29) is 22.5 Å². The van der Waals surface area contributed by atoms with Crippen LogP contribution in [0.15, 0.2) is 64.4 Å². The van der Waals surface area contributed by atoms with Crippen molar-refractivity contribution in [2.45, 2.75) is 10.3 Å². The van der Waals surface area contributed by atoms with Gasteiger partial charge in [0.1, 0.15) is 10.9 Å². The zero-order chi connectivity index (χ0) is 20.4. The van der Waals surface area contributed by atoms with Crippen molar-refractivity contribution in [2.75, 3.05) is 25.1 Å². The normalized spacial score (nSPS) is 17.2. The van der Waals surface area contributed by atoms with E-state index in [1.165, 1.54) is 30.5 Å². The summed E-state index contributed by atoms with van der Waals surface area (Å²) in [5.74, 6) is -0.574. The number of hydrogen-bond donors (Lipinski definition) is 3. The number of carbonyl (C=O) groups excluding carboxylic acids is 1. The number of nitrogens with one attached hydrogen (secondary N) is 3. The van der Waals surface area contributed by atoms with Gasteiger partial charge >= 0.3 is 0 Å². The Labute approximate surface area is 166 Å². The maximum atomic E-state index is 12.6. The number of benzene rings is 2. The van der Waals surface area contributed by atoms with Gasteiger partial charge in [0.05, 0.1) is 18.1 Å². The van der Waals surface area contributed by atoms with Crippen LogP contribution in [0.3, 0.4) is 0 Å². The van der Waals surface area contributed by atoms with E-state index in [0.29, 0.717) is 29.7 Å². The SMILES string of the molecule is O=C(Nc1ccc(S(=O)(=O)C2COCCN2)cc1)c1c[nH]c2ccccc2c1=O. The molecule has 3 N–H and O–H groups in total. The molecule has 1 amide bonds. The predicted molar refractivity (Wildman–Crippen MR) is 109 cm³/mol. The molecular weight excluding hydrogens is 394 g/mol. The van der Waals surface area contributed by atoms with Crippen molar-refractivity contribution in [3.8, 4) is 0 Å².